The second-order valence-corrected chi connectivity index (χ2v) is 6.68. The summed E-state index contributed by atoms with van der Waals surface area (Å²) >= 11 is 0. The van der Waals surface area contributed by atoms with Crippen molar-refractivity contribution in [3.05, 3.63) is 0 Å². The summed E-state index contributed by atoms with van der Waals surface area (Å²) in [5, 5.41) is 7.01. The maximum Gasteiger partial charge on any atom is 0.191 e. The highest BCUT2D eigenvalue weighted by Crippen LogP contribution is 2.57. The molecule has 2 unspecified atom stereocenters. The number of rotatable bonds is 11. The lowest BCUT2D eigenvalue weighted by atomic mass is 9.51. The molecular weight excluding hydrogens is 306 g/mol. The van der Waals surface area contributed by atoms with Crippen LogP contribution in [0.2, 0.25) is 0 Å². The van der Waals surface area contributed by atoms with E-state index >= 15 is 0 Å². The van der Waals surface area contributed by atoms with Crippen LogP contribution in [0.4, 0.5) is 0 Å². The van der Waals surface area contributed by atoms with E-state index in [1.807, 2.05) is 0 Å². The van der Waals surface area contributed by atoms with E-state index in [2.05, 4.69) is 24.5 Å². The van der Waals surface area contributed by atoms with Crippen LogP contribution < -0.4 is 10.6 Å². The van der Waals surface area contributed by atoms with Crippen LogP contribution in [0.3, 0.4) is 0 Å². The Hall–Kier alpha value is -0.850. The largest absolute Gasteiger partial charge is 0.382 e. The lowest BCUT2D eigenvalue weighted by Gasteiger charge is -2.61. The first-order valence-corrected chi connectivity index (χ1v) is 9.50. The molecule has 2 aliphatic rings. The van der Waals surface area contributed by atoms with Crippen LogP contribution >= 0.6 is 0 Å². The summed E-state index contributed by atoms with van der Waals surface area (Å²) in [6, 6.07) is 0.499. The van der Waals surface area contributed by atoms with E-state index in [1.165, 1.54) is 19.3 Å². The Morgan fingerprint density at radius 3 is 2.67 bits per heavy atom. The third-order valence-electron chi connectivity index (χ3n) is 5.24. The summed E-state index contributed by atoms with van der Waals surface area (Å²) in [6.07, 6.45) is 6.35. The zero-order valence-corrected chi connectivity index (χ0v) is 15.6. The first kappa shape index (κ1) is 19.5. The molecule has 0 saturated heterocycles. The van der Waals surface area contributed by atoms with E-state index in [1.54, 1.807) is 7.11 Å². The van der Waals surface area contributed by atoms with Crippen LogP contribution in [-0.4, -0.2) is 64.7 Å². The van der Waals surface area contributed by atoms with Crippen molar-refractivity contribution in [2.24, 2.45) is 10.4 Å². The van der Waals surface area contributed by atoms with E-state index in [0.717, 1.165) is 45.1 Å². The predicted molar refractivity (Wildman–Crippen MR) is 96.5 cm³/mol. The lowest BCUT2D eigenvalue weighted by Crippen LogP contribution is -2.68. The number of nitrogens with one attached hydrogen (secondary N) is 2. The van der Waals surface area contributed by atoms with Crippen LogP contribution in [0, 0.1) is 5.41 Å². The smallest absolute Gasteiger partial charge is 0.191 e. The minimum Gasteiger partial charge on any atom is -0.382 e. The molecule has 2 fully saturated rings. The second kappa shape index (κ2) is 10.2. The number of nitrogens with zero attached hydrogens (tertiary/aromatic N) is 1. The van der Waals surface area contributed by atoms with Crippen LogP contribution in [0.25, 0.3) is 0 Å². The number of ether oxygens (including phenoxy) is 3. The van der Waals surface area contributed by atoms with Gasteiger partial charge in [-0.15, -0.1) is 0 Å². The van der Waals surface area contributed by atoms with Crippen molar-refractivity contribution in [2.45, 2.75) is 58.1 Å². The summed E-state index contributed by atoms with van der Waals surface area (Å²) in [4.78, 5) is 4.69. The van der Waals surface area contributed by atoms with Gasteiger partial charge in [-0.25, -0.2) is 0 Å². The highest BCUT2D eigenvalue weighted by Gasteiger charge is 2.59. The lowest BCUT2D eigenvalue weighted by molar-refractivity contribution is -0.168. The molecule has 0 radical (unpaired) electrons. The predicted octanol–water partition coefficient (Wildman–Crippen LogP) is 1.94. The van der Waals surface area contributed by atoms with Gasteiger partial charge >= 0.3 is 0 Å². The Labute approximate surface area is 146 Å². The molecule has 0 aromatic rings. The summed E-state index contributed by atoms with van der Waals surface area (Å²) in [5.41, 5.74) is 0.357. The topological polar surface area (TPSA) is 64.1 Å². The minimum absolute atomic E-state index is 0.357. The Balaban J connectivity index is 1.73. The third-order valence-corrected chi connectivity index (χ3v) is 5.24. The van der Waals surface area contributed by atoms with Gasteiger partial charge in [-0.1, -0.05) is 6.42 Å². The SMILES string of the molecule is CCNC(=NCCCOCCOC)NC1CC(OCC)C12CCC2. The molecule has 6 nitrogen and oxygen atoms in total. The average Bonchev–Trinajstić information content (AvgIpc) is 2.51. The molecule has 1 spiro atoms. The van der Waals surface area contributed by atoms with Gasteiger partial charge in [0.2, 0.25) is 0 Å². The molecule has 2 aliphatic carbocycles. The summed E-state index contributed by atoms with van der Waals surface area (Å²) < 4.78 is 16.4. The molecule has 0 bridgehead atoms. The van der Waals surface area contributed by atoms with Crippen molar-refractivity contribution < 1.29 is 14.2 Å². The van der Waals surface area contributed by atoms with Crippen molar-refractivity contribution in [3.8, 4) is 0 Å². The summed E-state index contributed by atoms with van der Waals surface area (Å²) in [7, 11) is 1.69. The highest BCUT2D eigenvalue weighted by molar-refractivity contribution is 5.80. The van der Waals surface area contributed by atoms with Gasteiger partial charge in [0.25, 0.3) is 0 Å². The zero-order valence-electron chi connectivity index (χ0n) is 15.6. The molecule has 2 atom stereocenters. The molecular formula is C18H35N3O3. The molecule has 0 amide bonds. The highest BCUT2D eigenvalue weighted by atomic mass is 16.5. The normalized spacial score (nSPS) is 25.2. The van der Waals surface area contributed by atoms with Gasteiger partial charge in [0, 0.05) is 44.9 Å². The fourth-order valence-electron chi connectivity index (χ4n) is 3.73. The summed E-state index contributed by atoms with van der Waals surface area (Å²) in [5.74, 6) is 0.931. The monoisotopic (exact) mass is 341 g/mol. The number of hydrogen-bond donors (Lipinski definition) is 2. The zero-order chi connectivity index (χ0) is 17.3. The van der Waals surface area contributed by atoms with Gasteiger partial charge in [0.1, 0.15) is 0 Å². The molecule has 2 N–H and O–H groups in total. The fourth-order valence-corrected chi connectivity index (χ4v) is 3.73. The van der Waals surface area contributed by atoms with E-state index in [4.69, 9.17) is 19.2 Å². The van der Waals surface area contributed by atoms with Crippen molar-refractivity contribution in [3.63, 3.8) is 0 Å². The first-order chi connectivity index (χ1) is 11.8. The van der Waals surface area contributed by atoms with E-state index in [0.29, 0.717) is 30.8 Å². The van der Waals surface area contributed by atoms with Gasteiger partial charge in [0.05, 0.1) is 19.3 Å². The molecule has 2 saturated carbocycles. The Bertz CT molecular complexity index is 386. The van der Waals surface area contributed by atoms with E-state index in [9.17, 15) is 0 Å². The molecule has 24 heavy (non-hydrogen) atoms. The van der Waals surface area contributed by atoms with Crippen LogP contribution in [0.15, 0.2) is 4.99 Å². The van der Waals surface area contributed by atoms with Gasteiger partial charge in [-0.3, -0.25) is 4.99 Å². The Morgan fingerprint density at radius 2 is 2.04 bits per heavy atom. The van der Waals surface area contributed by atoms with Crippen molar-refractivity contribution in [1.29, 1.82) is 0 Å². The van der Waals surface area contributed by atoms with Crippen LogP contribution in [0.1, 0.15) is 46.0 Å². The molecule has 2 rings (SSSR count). The van der Waals surface area contributed by atoms with Crippen LogP contribution in [0.5, 0.6) is 0 Å². The molecule has 140 valence electrons. The maximum absolute atomic E-state index is 5.93. The molecule has 0 heterocycles. The van der Waals surface area contributed by atoms with Crippen molar-refractivity contribution >= 4 is 5.96 Å². The quantitative estimate of drug-likeness (QED) is 0.342. The first-order valence-electron chi connectivity index (χ1n) is 9.50. The van der Waals surface area contributed by atoms with E-state index in [-0.39, 0.29) is 0 Å². The molecule has 0 aromatic carbocycles. The Morgan fingerprint density at radius 1 is 1.21 bits per heavy atom. The molecule has 0 aliphatic heterocycles. The fraction of sp³-hybridized carbons (Fsp3) is 0.944. The third kappa shape index (κ3) is 4.83. The van der Waals surface area contributed by atoms with Crippen molar-refractivity contribution in [2.75, 3.05) is 46.6 Å². The van der Waals surface area contributed by atoms with Crippen LogP contribution in [-0.2, 0) is 14.2 Å². The summed E-state index contributed by atoms with van der Waals surface area (Å²) in [6.45, 7) is 8.70. The number of methoxy groups -OCH3 is 1. The molecule has 0 aromatic heterocycles. The molecule has 6 heteroatoms. The van der Waals surface area contributed by atoms with Gasteiger partial charge in [-0.2, -0.15) is 0 Å². The number of aliphatic imine (C=N–C) groups is 1. The van der Waals surface area contributed by atoms with Gasteiger partial charge in [0.15, 0.2) is 5.96 Å². The number of hydrogen-bond acceptors (Lipinski definition) is 4. The van der Waals surface area contributed by atoms with E-state index < -0.39 is 0 Å². The Kier molecular flexibility index (Phi) is 8.29. The standard InChI is InChI=1S/C18H35N3O3/c1-4-19-17(20-10-7-11-23-13-12-22-3)21-15-14-16(24-5-2)18(15)8-6-9-18/h15-16H,4-14H2,1-3H3,(H2,19,20,21). The van der Waals surface area contributed by atoms with Gasteiger partial charge in [-0.05, 0) is 39.5 Å². The maximum atomic E-state index is 5.93. The van der Waals surface area contributed by atoms with Crippen molar-refractivity contribution in [1.82, 2.24) is 10.6 Å². The second-order valence-electron chi connectivity index (χ2n) is 6.68. The number of guanidine groups is 1. The van der Waals surface area contributed by atoms with Gasteiger partial charge < -0.3 is 24.8 Å². The minimum atomic E-state index is 0.357. The average molecular weight is 341 g/mol.